The fourth-order valence-electron chi connectivity index (χ4n) is 4.17. The van der Waals surface area contributed by atoms with Crippen molar-refractivity contribution in [1.82, 2.24) is 10.2 Å². The van der Waals surface area contributed by atoms with Gasteiger partial charge in [0, 0.05) is 29.8 Å². The third kappa shape index (κ3) is 5.65. The molecule has 2 atom stereocenters. The van der Waals surface area contributed by atoms with Crippen LogP contribution in [0, 0.1) is 5.92 Å². The maximum atomic E-state index is 9.55. The Morgan fingerprint density at radius 2 is 1.63 bits per heavy atom. The summed E-state index contributed by atoms with van der Waals surface area (Å²) in [5.41, 5.74) is 1.69. The summed E-state index contributed by atoms with van der Waals surface area (Å²) in [6, 6.07) is 11.9. The zero-order chi connectivity index (χ0) is 20.0. The first-order chi connectivity index (χ1) is 12.7. The number of carboxylic acids is 2. The van der Waals surface area contributed by atoms with Crippen LogP contribution in [0.4, 0.5) is 0 Å². The molecule has 0 amide bonds. The molecule has 1 aromatic rings. The summed E-state index contributed by atoms with van der Waals surface area (Å²) in [4.78, 5) is 21.8. The predicted octanol–water partition coefficient (Wildman–Crippen LogP) is 2.92. The molecule has 4 rings (SSSR count). The Balaban J connectivity index is 0.000000279. The summed E-state index contributed by atoms with van der Waals surface area (Å²) in [7, 11) is 0. The quantitative estimate of drug-likeness (QED) is 0.687. The van der Waals surface area contributed by atoms with Crippen LogP contribution < -0.4 is 5.32 Å². The monoisotopic (exact) mass is 374 g/mol. The second-order valence-electron chi connectivity index (χ2n) is 7.76. The van der Waals surface area contributed by atoms with Crippen LogP contribution in [-0.4, -0.2) is 51.7 Å². The lowest BCUT2D eigenvalue weighted by Gasteiger charge is -2.57. The summed E-state index contributed by atoms with van der Waals surface area (Å²) in [6.45, 7) is 9.69. The van der Waals surface area contributed by atoms with E-state index in [2.05, 4.69) is 61.3 Å². The van der Waals surface area contributed by atoms with Crippen LogP contribution in [0.1, 0.15) is 45.2 Å². The molecule has 3 N–H and O–H groups in total. The zero-order valence-electron chi connectivity index (χ0n) is 16.3. The van der Waals surface area contributed by atoms with Gasteiger partial charge in [-0.15, -0.1) is 0 Å². The molecular formula is C21H30N2O4. The second-order valence-corrected chi connectivity index (χ2v) is 7.76. The normalized spacial score (nSPS) is 26.9. The Kier molecular flexibility index (Phi) is 7.16. The average Bonchev–Trinajstić information content (AvgIpc) is 2.64. The van der Waals surface area contributed by atoms with Crippen LogP contribution in [-0.2, 0) is 9.59 Å². The Bertz CT molecular complexity index is 648. The van der Waals surface area contributed by atoms with Crippen molar-refractivity contribution < 1.29 is 19.8 Å². The molecule has 3 heterocycles. The molecule has 3 aliphatic heterocycles. The summed E-state index contributed by atoms with van der Waals surface area (Å²) in [6.07, 6.45) is 3.84. The molecule has 3 aliphatic rings. The number of hydrogen-bond donors (Lipinski definition) is 3. The largest absolute Gasteiger partial charge is 0.478 e. The molecule has 3 saturated heterocycles. The number of fused-ring (bicyclic) bond motifs is 3. The maximum absolute atomic E-state index is 9.55. The van der Waals surface area contributed by atoms with E-state index in [0.29, 0.717) is 29.8 Å². The van der Waals surface area contributed by atoms with Gasteiger partial charge >= 0.3 is 11.9 Å². The van der Waals surface area contributed by atoms with Gasteiger partial charge in [0.2, 0.25) is 0 Å². The highest BCUT2D eigenvalue weighted by Crippen LogP contribution is 2.39. The number of benzene rings is 1. The number of aliphatic carboxylic acids is 2. The first-order valence-electron chi connectivity index (χ1n) is 9.41. The molecule has 3 fully saturated rings. The molecule has 2 bridgehead atoms. The van der Waals surface area contributed by atoms with Crippen LogP contribution in [0.3, 0.4) is 0 Å². The molecule has 148 valence electrons. The van der Waals surface area contributed by atoms with Gasteiger partial charge in [0.1, 0.15) is 0 Å². The number of carbonyl (C=O) groups is 2. The van der Waals surface area contributed by atoms with Crippen molar-refractivity contribution in [3.8, 4) is 0 Å². The molecule has 6 heteroatoms. The van der Waals surface area contributed by atoms with E-state index in [0.717, 1.165) is 5.92 Å². The van der Waals surface area contributed by atoms with Crippen molar-refractivity contribution in [3.63, 3.8) is 0 Å². The lowest BCUT2D eigenvalue weighted by atomic mass is 9.71. The second kappa shape index (κ2) is 9.15. The van der Waals surface area contributed by atoms with Gasteiger partial charge in [-0.1, -0.05) is 30.3 Å². The predicted molar refractivity (Wildman–Crippen MR) is 105 cm³/mol. The van der Waals surface area contributed by atoms with Gasteiger partial charge in [0.05, 0.1) is 0 Å². The first-order valence-corrected chi connectivity index (χ1v) is 9.41. The minimum atomic E-state index is -1.26. The van der Waals surface area contributed by atoms with E-state index in [1.807, 2.05) is 0 Å². The summed E-state index contributed by atoms with van der Waals surface area (Å²) < 4.78 is 0. The highest BCUT2D eigenvalue weighted by atomic mass is 16.4. The van der Waals surface area contributed by atoms with E-state index in [-0.39, 0.29) is 0 Å². The van der Waals surface area contributed by atoms with Crippen LogP contribution in [0.15, 0.2) is 42.5 Å². The van der Waals surface area contributed by atoms with E-state index in [9.17, 15) is 9.59 Å². The van der Waals surface area contributed by atoms with Crippen molar-refractivity contribution in [2.45, 2.75) is 51.2 Å². The van der Waals surface area contributed by atoms with Crippen LogP contribution in [0.25, 0.3) is 0 Å². The van der Waals surface area contributed by atoms with Crippen molar-refractivity contribution in [2.24, 2.45) is 5.92 Å². The number of piperidine rings is 3. The summed E-state index contributed by atoms with van der Waals surface area (Å²) >= 11 is 0. The topological polar surface area (TPSA) is 89.9 Å². The average molecular weight is 374 g/mol. The van der Waals surface area contributed by atoms with Crippen molar-refractivity contribution in [3.05, 3.63) is 48.0 Å². The molecule has 0 aromatic heterocycles. The lowest BCUT2D eigenvalue weighted by Crippen LogP contribution is -2.68. The minimum Gasteiger partial charge on any atom is -0.478 e. The Hall–Kier alpha value is -2.18. The fraction of sp³-hybridized carbons (Fsp3) is 0.524. The van der Waals surface area contributed by atoms with Crippen molar-refractivity contribution >= 4 is 11.9 Å². The van der Waals surface area contributed by atoms with Crippen LogP contribution in [0.2, 0.25) is 0 Å². The number of nitrogens with zero attached hydrogens (tertiary/aromatic N) is 1. The van der Waals surface area contributed by atoms with E-state index in [1.165, 1.54) is 31.5 Å². The maximum Gasteiger partial charge on any atom is 0.328 e. The zero-order valence-corrected chi connectivity index (χ0v) is 16.3. The molecule has 0 saturated carbocycles. The number of hydrogen-bond acceptors (Lipinski definition) is 4. The summed E-state index contributed by atoms with van der Waals surface area (Å²) in [5.74, 6) is -1.66. The number of rotatable bonds is 5. The molecule has 0 aliphatic carbocycles. The number of carboxylic acid groups (broad SMARTS) is 2. The van der Waals surface area contributed by atoms with Gasteiger partial charge in [0.25, 0.3) is 0 Å². The first kappa shape index (κ1) is 21.1. The highest BCUT2D eigenvalue weighted by molar-refractivity contribution is 5.89. The van der Waals surface area contributed by atoms with Crippen molar-refractivity contribution in [2.75, 3.05) is 13.1 Å². The molecular weight excluding hydrogens is 344 g/mol. The molecule has 0 radical (unpaired) electrons. The molecule has 0 spiro atoms. The number of nitrogens with one attached hydrogen (secondary N) is 1. The Morgan fingerprint density at radius 3 is 2.07 bits per heavy atom. The van der Waals surface area contributed by atoms with Gasteiger partial charge in [-0.2, -0.15) is 0 Å². The smallest absolute Gasteiger partial charge is 0.328 e. The minimum absolute atomic E-state index is 0.296. The Labute approximate surface area is 160 Å². The molecule has 0 unspecified atom stereocenters. The van der Waals surface area contributed by atoms with Gasteiger partial charge in [-0.05, 0) is 58.2 Å². The van der Waals surface area contributed by atoms with Gasteiger partial charge < -0.3 is 15.5 Å². The van der Waals surface area contributed by atoms with Crippen LogP contribution in [0.5, 0.6) is 0 Å². The molecule has 6 nitrogen and oxygen atoms in total. The fourth-order valence-corrected chi connectivity index (χ4v) is 4.17. The lowest BCUT2D eigenvalue weighted by molar-refractivity contribution is -0.134. The van der Waals surface area contributed by atoms with Gasteiger partial charge in [-0.3, -0.25) is 4.90 Å². The van der Waals surface area contributed by atoms with E-state index >= 15 is 0 Å². The SMILES string of the molecule is C[C@@H](N[C@@H]1C2CCN(CC2)C1(C)C)c1ccccc1.O=C(O)/C=C/C(=O)O. The van der Waals surface area contributed by atoms with Crippen molar-refractivity contribution in [1.29, 1.82) is 0 Å². The van der Waals surface area contributed by atoms with E-state index < -0.39 is 11.9 Å². The highest BCUT2D eigenvalue weighted by Gasteiger charge is 2.47. The van der Waals surface area contributed by atoms with Gasteiger partial charge in [0.15, 0.2) is 0 Å². The van der Waals surface area contributed by atoms with E-state index in [1.54, 1.807) is 0 Å². The molecule has 1 aromatic carbocycles. The standard InChI is InChI=1S/C17H26N2.C4H4O4/c1-13(14-7-5-4-6-8-14)18-16-15-9-11-19(12-10-15)17(16,2)3;5-3(6)1-2-4(7)8/h4-8,13,15-16,18H,9-12H2,1-3H3;1-2H,(H,5,6)(H,7,8)/b;2-1+/t13-,16-;/m1./s1. The summed E-state index contributed by atoms with van der Waals surface area (Å²) in [5, 5.41) is 19.5. The third-order valence-electron chi connectivity index (χ3n) is 5.68. The van der Waals surface area contributed by atoms with Gasteiger partial charge in [-0.25, -0.2) is 9.59 Å². The van der Waals surface area contributed by atoms with E-state index in [4.69, 9.17) is 10.2 Å². The Morgan fingerprint density at radius 1 is 1.11 bits per heavy atom. The third-order valence-corrected chi connectivity index (χ3v) is 5.68. The molecule has 27 heavy (non-hydrogen) atoms. The van der Waals surface area contributed by atoms with Crippen LogP contribution >= 0.6 is 0 Å².